The lowest BCUT2D eigenvalue weighted by Gasteiger charge is -2.30. The fourth-order valence-corrected chi connectivity index (χ4v) is 3.48. The van der Waals surface area contributed by atoms with Crippen LogP contribution in [-0.4, -0.2) is 42.5 Å². The van der Waals surface area contributed by atoms with Crippen LogP contribution < -0.4 is 10.1 Å². The third kappa shape index (κ3) is 8.83. The maximum atomic E-state index is 13.1. The van der Waals surface area contributed by atoms with Gasteiger partial charge in [-0.15, -0.1) is 0 Å². The van der Waals surface area contributed by atoms with Crippen molar-refractivity contribution in [2.75, 3.05) is 19.7 Å². The molecule has 0 saturated heterocycles. The molecule has 0 aromatic heterocycles. The molecule has 0 aliphatic heterocycles. The summed E-state index contributed by atoms with van der Waals surface area (Å²) in [6.07, 6.45) is 4.26. The molecular formula is C26H36N2O3. The summed E-state index contributed by atoms with van der Waals surface area (Å²) in [7, 11) is 0. The highest BCUT2D eigenvalue weighted by molar-refractivity contribution is 5.87. The van der Waals surface area contributed by atoms with E-state index in [1.54, 1.807) is 4.90 Å². The number of hydrogen-bond donors (Lipinski definition) is 1. The van der Waals surface area contributed by atoms with E-state index in [1.807, 2.05) is 55.5 Å². The van der Waals surface area contributed by atoms with E-state index in [-0.39, 0.29) is 11.8 Å². The van der Waals surface area contributed by atoms with Crippen LogP contribution in [0, 0.1) is 0 Å². The maximum Gasteiger partial charge on any atom is 0.242 e. The predicted molar refractivity (Wildman–Crippen MR) is 125 cm³/mol. The van der Waals surface area contributed by atoms with Gasteiger partial charge in [0.2, 0.25) is 11.8 Å². The highest BCUT2D eigenvalue weighted by Crippen LogP contribution is 2.13. The molecule has 1 atom stereocenters. The Bertz CT molecular complexity index is 765. The fraction of sp³-hybridized carbons (Fsp3) is 0.462. The summed E-state index contributed by atoms with van der Waals surface area (Å²) in [4.78, 5) is 27.7. The highest BCUT2D eigenvalue weighted by Gasteiger charge is 2.27. The van der Waals surface area contributed by atoms with Gasteiger partial charge in [-0.05, 0) is 43.4 Å². The fourth-order valence-electron chi connectivity index (χ4n) is 3.48. The van der Waals surface area contributed by atoms with Crippen LogP contribution in [0.25, 0.3) is 0 Å². The third-order valence-corrected chi connectivity index (χ3v) is 5.25. The zero-order valence-electron chi connectivity index (χ0n) is 18.9. The van der Waals surface area contributed by atoms with Gasteiger partial charge in [-0.1, -0.05) is 68.8 Å². The van der Waals surface area contributed by atoms with Crippen LogP contribution >= 0.6 is 0 Å². The monoisotopic (exact) mass is 424 g/mol. The van der Waals surface area contributed by atoms with Crippen molar-refractivity contribution in [2.45, 2.75) is 58.4 Å². The quantitative estimate of drug-likeness (QED) is 0.451. The van der Waals surface area contributed by atoms with E-state index < -0.39 is 6.04 Å². The first-order valence-electron chi connectivity index (χ1n) is 11.4. The zero-order valence-corrected chi connectivity index (χ0v) is 18.9. The lowest BCUT2D eigenvalue weighted by molar-refractivity contribution is -0.140. The number of hydrogen-bond acceptors (Lipinski definition) is 3. The largest absolute Gasteiger partial charge is 0.494 e. The Balaban J connectivity index is 1.96. The van der Waals surface area contributed by atoms with Gasteiger partial charge in [0, 0.05) is 19.5 Å². The number of carbonyl (C=O) groups is 2. The second kappa shape index (κ2) is 14.2. The number of benzene rings is 2. The number of amides is 2. The van der Waals surface area contributed by atoms with Gasteiger partial charge in [0.15, 0.2) is 0 Å². The first-order chi connectivity index (χ1) is 15.2. The molecule has 0 aliphatic carbocycles. The second-order valence-electron chi connectivity index (χ2n) is 7.66. The van der Waals surface area contributed by atoms with Gasteiger partial charge in [0.25, 0.3) is 0 Å². The number of nitrogens with one attached hydrogen (secondary N) is 1. The van der Waals surface area contributed by atoms with E-state index in [4.69, 9.17) is 4.74 Å². The van der Waals surface area contributed by atoms with Gasteiger partial charge in [-0.3, -0.25) is 9.59 Å². The summed E-state index contributed by atoms with van der Waals surface area (Å²) in [6.45, 7) is 5.71. The van der Waals surface area contributed by atoms with Crippen LogP contribution in [0.3, 0.4) is 0 Å². The van der Waals surface area contributed by atoms with Gasteiger partial charge in [-0.2, -0.15) is 0 Å². The van der Waals surface area contributed by atoms with Crippen molar-refractivity contribution in [2.24, 2.45) is 0 Å². The van der Waals surface area contributed by atoms with Gasteiger partial charge in [0.1, 0.15) is 11.8 Å². The molecule has 0 aliphatic rings. The van der Waals surface area contributed by atoms with Crippen molar-refractivity contribution in [3.63, 3.8) is 0 Å². The molecule has 31 heavy (non-hydrogen) atoms. The zero-order chi connectivity index (χ0) is 22.3. The van der Waals surface area contributed by atoms with E-state index in [0.29, 0.717) is 39.0 Å². The molecule has 0 saturated carbocycles. The summed E-state index contributed by atoms with van der Waals surface area (Å²) >= 11 is 0. The smallest absolute Gasteiger partial charge is 0.242 e. The van der Waals surface area contributed by atoms with Gasteiger partial charge in [-0.25, -0.2) is 0 Å². The van der Waals surface area contributed by atoms with Gasteiger partial charge >= 0.3 is 0 Å². The van der Waals surface area contributed by atoms with Crippen molar-refractivity contribution >= 4 is 11.8 Å². The molecule has 0 radical (unpaired) electrons. The van der Waals surface area contributed by atoms with Crippen LogP contribution in [0.15, 0.2) is 60.7 Å². The summed E-state index contributed by atoms with van der Waals surface area (Å²) in [6, 6.07) is 19.2. The minimum absolute atomic E-state index is 0.00471. The number of rotatable bonds is 14. The molecule has 0 heterocycles. The SMILES string of the molecule is CCCCNC(=O)[C@@H](CC)N(CCc1ccccc1)C(=O)CCCOc1ccccc1. The molecule has 1 N–H and O–H groups in total. The van der Waals surface area contributed by atoms with Crippen molar-refractivity contribution in [3.05, 3.63) is 66.2 Å². The normalized spacial score (nSPS) is 11.5. The molecule has 5 heteroatoms. The Morgan fingerprint density at radius 3 is 2.29 bits per heavy atom. The third-order valence-electron chi connectivity index (χ3n) is 5.25. The molecule has 0 fully saturated rings. The van der Waals surface area contributed by atoms with Crippen LogP contribution in [0.1, 0.15) is 51.5 Å². The van der Waals surface area contributed by atoms with E-state index in [1.165, 1.54) is 0 Å². The average Bonchev–Trinajstić information content (AvgIpc) is 2.80. The molecule has 2 rings (SSSR count). The predicted octanol–water partition coefficient (Wildman–Crippen LogP) is 4.61. The average molecular weight is 425 g/mol. The topological polar surface area (TPSA) is 58.6 Å². The molecule has 0 unspecified atom stereocenters. The van der Waals surface area contributed by atoms with Gasteiger partial charge < -0.3 is 15.0 Å². The van der Waals surface area contributed by atoms with Crippen molar-refractivity contribution in [1.29, 1.82) is 0 Å². The summed E-state index contributed by atoms with van der Waals surface area (Å²) < 4.78 is 5.72. The van der Waals surface area contributed by atoms with Crippen molar-refractivity contribution < 1.29 is 14.3 Å². The van der Waals surface area contributed by atoms with E-state index in [9.17, 15) is 9.59 Å². The molecule has 5 nitrogen and oxygen atoms in total. The molecule has 2 amide bonds. The van der Waals surface area contributed by atoms with Crippen molar-refractivity contribution in [1.82, 2.24) is 10.2 Å². The number of ether oxygens (including phenoxy) is 1. The molecule has 2 aromatic rings. The Labute approximate surface area is 186 Å². The number of para-hydroxylation sites is 1. The Kier molecular flexibility index (Phi) is 11.2. The lowest BCUT2D eigenvalue weighted by Crippen LogP contribution is -2.50. The van der Waals surface area contributed by atoms with Crippen LogP contribution in [0.2, 0.25) is 0 Å². The lowest BCUT2D eigenvalue weighted by atomic mass is 10.1. The first kappa shape index (κ1) is 24.4. The highest BCUT2D eigenvalue weighted by atomic mass is 16.5. The molecular weight excluding hydrogens is 388 g/mol. The summed E-state index contributed by atoms with van der Waals surface area (Å²) in [5.74, 6) is 0.751. The Hall–Kier alpha value is -2.82. The van der Waals surface area contributed by atoms with Crippen LogP contribution in [0.5, 0.6) is 5.75 Å². The second-order valence-corrected chi connectivity index (χ2v) is 7.66. The Morgan fingerprint density at radius 2 is 1.65 bits per heavy atom. The minimum atomic E-state index is -0.442. The van der Waals surface area contributed by atoms with Gasteiger partial charge in [0.05, 0.1) is 6.61 Å². The minimum Gasteiger partial charge on any atom is -0.494 e. The summed E-state index contributed by atoms with van der Waals surface area (Å²) in [5.41, 5.74) is 1.16. The maximum absolute atomic E-state index is 13.1. The molecule has 0 bridgehead atoms. The van der Waals surface area contributed by atoms with Crippen LogP contribution in [0.4, 0.5) is 0 Å². The Morgan fingerprint density at radius 1 is 0.968 bits per heavy atom. The number of unbranched alkanes of at least 4 members (excludes halogenated alkanes) is 1. The standard InChI is InChI=1S/C26H36N2O3/c1-3-5-19-27-26(30)24(4-2)28(20-18-22-13-8-6-9-14-22)25(29)17-12-21-31-23-15-10-7-11-16-23/h6-11,13-16,24H,3-5,12,17-21H2,1-2H3,(H,27,30)/t24-/m1/s1. The summed E-state index contributed by atoms with van der Waals surface area (Å²) in [5, 5.41) is 3.00. The van der Waals surface area contributed by atoms with Crippen molar-refractivity contribution in [3.8, 4) is 5.75 Å². The van der Waals surface area contributed by atoms with E-state index in [0.717, 1.165) is 30.6 Å². The van der Waals surface area contributed by atoms with Crippen LogP contribution in [-0.2, 0) is 16.0 Å². The number of carbonyl (C=O) groups excluding carboxylic acids is 2. The molecule has 2 aromatic carbocycles. The van der Waals surface area contributed by atoms with E-state index >= 15 is 0 Å². The first-order valence-corrected chi connectivity index (χ1v) is 11.4. The number of nitrogens with zero attached hydrogens (tertiary/aromatic N) is 1. The molecule has 0 spiro atoms. The van der Waals surface area contributed by atoms with E-state index in [2.05, 4.69) is 24.4 Å². The molecule has 168 valence electrons.